The Balaban J connectivity index is 2.18. The molecule has 1 aromatic rings. The van der Waals surface area contributed by atoms with Crippen LogP contribution in [0.5, 0.6) is 5.75 Å². The molecule has 1 unspecified atom stereocenters. The van der Waals surface area contributed by atoms with Gasteiger partial charge < -0.3 is 14.8 Å². The van der Waals surface area contributed by atoms with Crippen LogP contribution >= 0.6 is 0 Å². The Kier molecular flexibility index (Phi) is 4.02. The summed E-state index contributed by atoms with van der Waals surface area (Å²) < 4.78 is 11.0. The van der Waals surface area contributed by atoms with E-state index in [0.717, 1.165) is 31.9 Å². The maximum Gasteiger partial charge on any atom is 0.122 e. The van der Waals surface area contributed by atoms with Crippen LogP contribution in [0.4, 0.5) is 0 Å². The number of hydrogen-bond donors (Lipinski definition) is 1. The van der Waals surface area contributed by atoms with Gasteiger partial charge in [-0.3, -0.25) is 0 Å². The van der Waals surface area contributed by atoms with Gasteiger partial charge in [0.2, 0.25) is 0 Å². The van der Waals surface area contributed by atoms with Crippen molar-refractivity contribution in [3.05, 3.63) is 28.8 Å². The van der Waals surface area contributed by atoms with Gasteiger partial charge in [-0.05, 0) is 43.0 Å². The van der Waals surface area contributed by atoms with E-state index < -0.39 is 0 Å². The van der Waals surface area contributed by atoms with Crippen LogP contribution in [0.15, 0.2) is 12.1 Å². The van der Waals surface area contributed by atoms with Crippen LogP contribution in [-0.4, -0.2) is 32.9 Å². The van der Waals surface area contributed by atoms with Crippen LogP contribution in [0.1, 0.15) is 16.7 Å². The van der Waals surface area contributed by atoms with Crippen molar-refractivity contribution in [2.24, 2.45) is 0 Å². The highest BCUT2D eigenvalue weighted by Gasteiger charge is 2.17. The molecule has 3 heteroatoms. The maximum atomic E-state index is 5.49. The van der Waals surface area contributed by atoms with Gasteiger partial charge >= 0.3 is 0 Å². The predicted molar refractivity (Wildman–Crippen MR) is 68.8 cm³/mol. The highest BCUT2D eigenvalue weighted by Crippen LogP contribution is 2.25. The zero-order valence-corrected chi connectivity index (χ0v) is 10.9. The third-order valence-electron chi connectivity index (χ3n) is 3.25. The number of ether oxygens (including phenoxy) is 2. The minimum Gasteiger partial charge on any atom is -0.496 e. The van der Waals surface area contributed by atoms with Crippen molar-refractivity contribution < 1.29 is 9.47 Å². The van der Waals surface area contributed by atoms with Gasteiger partial charge in [0.1, 0.15) is 5.75 Å². The topological polar surface area (TPSA) is 30.5 Å². The van der Waals surface area contributed by atoms with Crippen LogP contribution in [0.3, 0.4) is 0 Å². The van der Waals surface area contributed by atoms with E-state index in [9.17, 15) is 0 Å². The third kappa shape index (κ3) is 2.99. The predicted octanol–water partition coefficient (Wildman–Crippen LogP) is 1.84. The quantitative estimate of drug-likeness (QED) is 0.867. The lowest BCUT2D eigenvalue weighted by Gasteiger charge is -2.25. The van der Waals surface area contributed by atoms with Crippen molar-refractivity contribution in [2.75, 3.05) is 26.9 Å². The Morgan fingerprint density at radius 3 is 2.88 bits per heavy atom. The lowest BCUT2D eigenvalue weighted by molar-refractivity contribution is 0.0768. The summed E-state index contributed by atoms with van der Waals surface area (Å²) >= 11 is 0. The molecular weight excluding hydrogens is 214 g/mol. The fourth-order valence-corrected chi connectivity index (χ4v) is 2.40. The van der Waals surface area contributed by atoms with Crippen molar-refractivity contribution in [3.63, 3.8) is 0 Å². The summed E-state index contributed by atoms with van der Waals surface area (Å²) in [5.41, 5.74) is 3.84. The summed E-state index contributed by atoms with van der Waals surface area (Å²) in [6.07, 6.45) is 0.968. The summed E-state index contributed by atoms with van der Waals surface area (Å²) in [5.74, 6) is 0.995. The van der Waals surface area contributed by atoms with E-state index in [1.807, 2.05) is 0 Å². The molecule has 2 rings (SSSR count). The fraction of sp³-hybridized carbons (Fsp3) is 0.571. The summed E-state index contributed by atoms with van der Waals surface area (Å²) in [4.78, 5) is 0. The van der Waals surface area contributed by atoms with E-state index in [4.69, 9.17) is 9.47 Å². The van der Waals surface area contributed by atoms with E-state index in [1.54, 1.807) is 7.11 Å². The van der Waals surface area contributed by atoms with Crippen molar-refractivity contribution in [1.82, 2.24) is 5.32 Å². The van der Waals surface area contributed by atoms with Crippen LogP contribution in [0.2, 0.25) is 0 Å². The smallest absolute Gasteiger partial charge is 0.122 e. The molecule has 1 aliphatic heterocycles. The van der Waals surface area contributed by atoms with Crippen LogP contribution < -0.4 is 10.1 Å². The molecule has 0 aliphatic carbocycles. The molecule has 1 aromatic carbocycles. The molecule has 1 atom stereocenters. The Bertz CT molecular complexity index is 384. The van der Waals surface area contributed by atoms with Gasteiger partial charge in [-0.25, -0.2) is 0 Å². The highest BCUT2D eigenvalue weighted by atomic mass is 16.5. The zero-order valence-electron chi connectivity index (χ0n) is 10.9. The van der Waals surface area contributed by atoms with Gasteiger partial charge in [0.15, 0.2) is 0 Å². The first kappa shape index (κ1) is 12.4. The molecule has 0 saturated carbocycles. The number of rotatable bonds is 3. The number of benzene rings is 1. The van der Waals surface area contributed by atoms with Gasteiger partial charge in [-0.15, -0.1) is 0 Å². The molecule has 1 fully saturated rings. The van der Waals surface area contributed by atoms with Gasteiger partial charge in [-0.1, -0.05) is 6.07 Å². The molecule has 3 nitrogen and oxygen atoms in total. The molecule has 94 valence electrons. The van der Waals surface area contributed by atoms with Crippen LogP contribution in [0, 0.1) is 13.8 Å². The first-order valence-corrected chi connectivity index (χ1v) is 6.16. The first-order valence-electron chi connectivity index (χ1n) is 6.16. The summed E-state index contributed by atoms with van der Waals surface area (Å²) in [6.45, 7) is 6.80. The van der Waals surface area contributed by atoms with Gasteiger partial charge in [-0.2, -0.15) is 0 Å². The second kappa shape index (κ2) is 5.52. The largest absolute Gasteiger partial charge is 0.496 e. The number of nitrogens with one attached hydrogen (secondary N) is 1. The molecule has 1 aliphatic rings. The molecular formula is C14H21NO2. The van der Waals surface area contributed by atoms with Gasteiger partial charge in [0.05, 0.1) is 20.3 Å². The molecule has 1 N–H and O–H groups in total. The van der Waals surface area contributed by atoms with Crippen LogP contribution in [0.25, 0.3) is 0 Å². The molecule has 17 heavy (non-hydrogen) atoms. The third-order valence-corrected chi connectivity index (χ3v) is 3.25. The van der Waals surface area contributed by atoms with E-state index in [0.29, 0.717) is 6.04 Å². The van der Waals surface area contributed by atoms with Crippen molar-refractivity contribution in [2.45, 2.75) is 26.3 Å². The van der Waals surface area contributed by atoms with E-state index in [1.165, 1.54) is 16.7 Å². The highest BCUT2D eigenvalue weighted by molar-refractivity contribution is 5.43. The summed E-state index contributed by atoms with van der Waals surface area (Å²) in [6, 6.07) is 4.71. The average molecular weight is 235 g/mol. The van der Waals surface area contributed by atoms with Gasteiger partial charge in [0.25, 0.3) is 0 Å². The van der Waals surface area contributed by atoms with E-state index in [-0.39, 0.29) is 0 Å². The van der Waals surface area contributed by atoms with Crippen LogP contribution in [-0.2, 0) is 11.2 Å². The van der Waals surface area contributed by atoms with E-state index >= 15 is 0 Å². The second-order valence-electron chi connectivity index (χ2n) is 4.69. The second-order valence-corrected chi connectivity index (χ2v) is 4.69. The van der Waals surface area contributed by atoms with Crippen molar-refractivity contribution in [3.8, 4) is 5.75 Å². The first-order chi connectivity index (χ1) is 8.20. The number of aryl methyl sites for hydroxylation is 2. The molecule has 0 bridgehead atoms. The SMILES string of the molecule is COc1cc(C)cc(C)c1CC1COCCN1. The monoisotopic (exact) mass is 235 g/mol. The van der Waals surface area contributed by atoms with Crippen molar-refractivity contribution in [1.29, 1.82) is 0 Å². The normalized spacial score (nSPS) is 20.3. The molecule has 0 spiro atoms. The molecule has 0 amide bonds. The molecule has 0 aromatic heterocycles. The van der Waals surface area contributed by atoms with Gasteiger partial charge in [0, 0.05) is 12.6 Å². The minimum absolute atomic E-state index is 0.402. The summed E-state index contributed by atoms with van der Waals surface area (Å²) in [7, 11) is 1.74. The van der Waals surface area contributed by atoms with E-state index in [2.05, 4.69) is 31.3 Å². The zero-order chi connectivity index (χ0) is 12.3. The number of morpholine rings is 1. The lowest BCUT2D eigenvalue weighted by atomic mass is 9.98. The fourth-order valence-electron chi connectivity index (χ4n) is 2.40. The Morgan fingerprint density at radius 2 is 2.24 bits per heavy atom. The molecule has 1 heterocycles. The van der Waals surface area contributed by atoms with Crippen molar-refractivity contribution >= 4 is 0 Å². The molecule has 0 radical (unpaired) electrons. The number of methoxy groups -OCH3 is 1. The summed E-state index contributed by atoms with van der Waals surface area (Å²) in [5, 5.41) is 3.48. The molecule has 1 saturated heterocycles. The number of hydrogen-bond acceptors (Lipinski definition) is 3. The Morgan fingerprint density at radius 1 is 1.41 bits per heavy atom. The minimum atomic E-state index is 0.402. The maximum absolute atomic E-state index is 5.49. The standard InChI is InChI=1S/C14H21NO2/c1-10-6-11(2)13(14(7-10)16-3)8-12-9-17-5-4-15-12/h6-7,12,15H,4-5,8-9H2,1-3H3. The Hall–Kier alpha value is -1.06. The Labute approximate surface area is 103 Å². The lowest BCUT2D eigenvalue weighted by Crippen LogP contribution is -2.42. The average Bonchev–Trinajstić information content (AvgIpc) is 2.33.